The Hall–Kier alpha value is -5.09. The minimum atomic E-state index is -1.15. The second kappa shape index (κ2) is 15.2. The van der Waals surface area contributed by atoms with Crippen molar-refractivity contribution in [1.29, 1.82) is 0 Å². The summed E-state index contributed by atoms with van der Waals surface area (Å²) in [4.78, 5) is 38.1. The molecule has 0 aliphatic heterocycles. The van der Waals surface area contributed by atoms with E-state index in [9.17, 15) is 19.5 Å². The minimum absolute atomic E-state index is 0.132. The van der Waals surface area contributed by atoms with Crippen LogP contribution in [-0.4, -0.2) is 29.1 Å². The summed E-state index contributed by atoms with van der Waals surface area (Å²) >= 11 is 3.40. The number of carbonyl (C=O) groups is 3. The van der Waals surface area contributed by atoms with Crippen molar-refractivity contribution in [3.05, 3.63) is 131 Å². The summed E-state index contributed by atoms with van der Waals surface area (Å²) in [7, 11) is 0. The van der Waals surface area contributed by atoms with Crippen LogP contribution >= 0.6 is 15.9 Å². The van der Waals surface area contributed by atoms with E-state index in [1.54, 1.807) is 97.1 Å². The molecule has 4 aromatic rings. The number of phenolic OH excluding ortho intramolecular Hbond substituents is 1. The van der Waals surface area contributed by atoms with Crippen molar-refractivity contribution in [1.82, 2.24) is 5.32 Å². The van der Waals surface area contributed by atoms with Crippen molar-refractivity contribution in [2.75, 3.05) is 11.1 Å². The van der Waals surface area contributed by atoms with Gasteiger partial charge in [0.2, 0.25) is 5.91 Å². The highest BCUT2D eigenvalue weighted by atomic mass is 79.9. The topological polar surface area (TPSA) is 140 Å². The number of rotatable bonds is 11. The lowest BCUT2D eigenvalue weighted by molar-refractivity contribution is -0.111. The number of hydrogen-bond donors (Lipinski definition) is 4. The van der Waals surface area contributed by atoms with E-state index >= 15 is 0 Å². The summed E-state index contributed by atoms with van der Waals surface area (Å²) in [5, 5.41) is 15.7. The number of anilines is 2. The van der Waals surface area contributed by atoms with Crippen molar-refractivity contribution in [2.24, 2.45) is 0 Å². The monoisotopic (exact) mass is 643 g/mol. The number of alkyl carbamates (subject to hydrolysis) is 1. The predicted molar refractivity (Wildman–Crippen MR) is 168 cm³/mol. The molecule has 0 radical (unpaired) electrons. The third-order valence-corrected chi connectivity index (χ3v) is 6.75. The maximum Gasteiger partial charge on any atom is 0.414 e. The highest BCUT2D eigenvalue weighted by molar-refractivity contribution is 9.10. The number of aromatic hydroxyl groups is 1. The molecular formula is C33H30BrN3O6. The predicted octanol–water partition coefficient (Wildman–Crippen LogP) is 6.77. The van der Waals surface area contributed by atoms with Crippen LogP contribution in [0.25, 0.3) is 0 Å². The van der Waals surface area contributed by atoms with E-state index in [-0.39, 0.29) is 29.2 Å². The molecule has 0 aliphatic rings. The lowest BCUT2D eigenvalue weighted by atomic mass is 9.99. The molecular weight excluding hydrogens is 614 g/mol. The molecule has 220 valence electrons. The molecule has 10 heteroatoms. The first kappa shape index (κ1) is 30.9. The van der Waals surface area contributed by atoms with Crippen LogP contribution in [0.2, 0.25) is 0 Å². The molecule has 2 atom stereocenters. The third-order valence-electron chi connectivity index (χ3n) is 6.26. The molecule has 0 aromatic heterocycles. The number of benzene rings is 4. The van der Waals surface area contributed by atoms with E-state index in [4.69, 9.17) is 15.2 Å². The van der Waals surface area contributed by atoms with Crippen LogP contribution < -0.4 is 21.1 Å². The fourth-order valence-electron chi connectivity index (χ4n) is 4.17. The van der Waals surface area contributed by atoms with Crippen LogP contribution in [0.3, 0.4) is 0 Å². The van der Waals surface area contributed by atoms with Crippen LogP contribution in [-0.2, 0) is 9.53 Å². The molecule has 0 heterocycles. The summed E-state index contributed by atoms with van der Waals surface area (Å²) in [6, 6.07) is 28.8. The van der Waals surface area contributed by atoms with E-state index in [1.807, 2.05) is 6.07 Å². The number of phenols is 1. The number of nitrogens with two attached hydrogens (primary N) is 1. The number of hydrogen-bond acceptors (Lipinski definition) is 7. The number of halogens is 1. The highest BCUT2D eigenvalue weighted by Gasteiger charge is 2.32. The average molecular weight is 645 g/mol. The Kier molecular flexibility index (Phi) is 10.9. The number of carbonyl (C=O) groups excluding carboxylic acids is 3. The quantitative estimate of drug-likeness (QED) is 0.104. The van der Waals surface area contributed by atoms with Gasteiger partial charge in [0.1, 0.15) is 17.6 Å². The van der Waals surface area contributed by atoms with Gasteiger partial charge in [-0.15, -0.1) is 0 Å². The van der Waals surface area contributed by atoms with Gasteiger partial charge in [-0.1, -0.05) is 70.5 Å². The van der Waals surface area contributed by atoms with Crippen LogP contribution in [0.5, 0.6) is 11.5 Å². The van der Waals surface area contributed by atoms with Gasteiger partial charge in [-0.3, -0.25) is 14.9 Å². The summed E-state index contributed by atoms with van der Waals surface area (Å²) < 4.78 is 12.7. The van der Waals surface area contributed by atoms with E-state index in [1.165, 1.54) is 12.1 Å². The number of nitrogen functional groups attached to an aromatic ring is 1. The normalized spacial score (nSPS) is 12.2. The van der Waals surface area contributed by atoms with Gasteiger partial charge in [-0.05, 0) is 73.5 Å². The first-order chi connectivity index (χ1) is 20.8. The van der Waals surface area contributed by atoms with Gasteiger partial charge in [0.05, 0.1) is 11.4 Å². The van der Waals surface area contributed by atoms with Gasteiger partial charge >= 0.3 is 6.09 Å². The first-order valence-electron chi connectivity index (χ1n) is 13.4. The van der Waals surface area contributed by atoms with Crippen molar-refractivity contribution in [2.45, 2.75) is 25.0 Å². The molecule has 0 spiro atoms. The van der Waals surface area contributed by atoms with E-state index in [2.05, 4.69) is 26.6 Å². The van der Waals surface area contributed by atoms with Crippen LogP contribution in [0.1, 0.15) is 34.9 Å². The Morgan fingerprint density at radius 1 is 0.907 bits per heavy atom. The third kappa shape index (κ3) is 9.20. The lowest BCUT2D eigenvalue weighted by Gasteiger charge is -2.28. The van der Waals surface area contributed by atoms with Crippen molar-refractivity contribution in [3.8, 4) is 11.5 Å². The average Bonchev–Trinajstić information content (AvgIpc) is 3.01. The fraction of sp³-hybridized carbons (Fsp3) is 0.121. The summed E-state index contributed by atoms with van der Waals surface area (Å²) in [5.41, 5.74) is 7.38. The molecule has 5 N–H and O–H groups in total. The van der Waals surface area contributed by atoms with Gasteiger partial charge < -0.3 is 25.6 Å². The van der Waals surface area contributed by atoms with Gasteiger partial charge in [-0.2, -0.15) is 0 Å². The number of ether oxygens (including phenoxy) is 2. The number of allylic oxidation sites excluding steroid dienone is 1. The first-order valence-corrected chi connectivity index (χ1v) is 14.2. The molecule has 0 bridgehead atoms. The molecule has 3 amide bonds. The molecule has 0 aliphatic carbocycles. The number of amides is 3. The molecule has 4 rings (SSSR count). The van der Waals surface area contributed by atoms with Crippen molar-refractivity contribution < 1.29 is 29.0 Å². The Morgan fingerprint density at radius 3 is 2.30 bits per heavy atom. The Balaban J connectivity index is 1.56. The number of imide groups is 1. The molecule has 43 heavy (non-hydrogen) atoms. The van der Waals surface area contributed by atoms with Gasteiger partial charge in [0.25, 0.3) is 5.91 Å². The van der Waals surface area contributed by atoms with Crippen LogP contribution in [0.4, 0.5) is 16.2 Å². The molecule has 4 aromatic carbocycles. The maximum absolute atomic E-state index is 13.0. The van der Waals surface area contributed by atoms with E-state index < -0.39 is 24.2 Å². The smallest absolute Gasteiger partial charge is 0.414 e. The standard InChI is InChI=1S/C33H30BrN3O6/c34-23-19-20-28(38)25(21-23)31(43-33(41)37-32(40)22-11-3-1-4-12-22)29(42-24-13-5-2-6-14-24)17-9-10-18-30(39)36-27-16-8-7-15-26(27)35/h1-8,10-16,18-21,29,31,38H,9,17,35H2,(H,36,39)(H,37,40,41)/b18-10+/t29-,31-/m1/s1. The van der Waals surface area contributed by atoms with E-state index in [0.717, 1.165) is 0 Å². The maximum atomic E-state index is 13.0. The van der Waals surface area contributed by atoms with Gasteiger partial charge in [0.15, 0.2) is 6.10 Å². The lowest BCUT2D eigenvalue weighted by Crippen LogP contribution is -2.36. The van der Waals surface area contributed by atoms with Crippen molar-refractivity contribution in [3.63, 3.8) is 0 Å². The summed E-state index contributed by atoms with van der Waals surface area (Å²) in [6.07, 6.45) is 0.647. The van der Waals surface area contributed by atoms with Crippen molar-refractivity contribution >= 4 is 45.2 Å². The minimum Gasteiger partial charge on any atom is -0.508 e. The fourth-order valence-corrected chi connectivity index (χ4v) is 4.55. The van der Waals surface area contributed by atoms with Crippen LogP contribution in [0, 0.1) is 0 Å². The molecule has 0 unspecified atom stereocenters. The molecule has 0 fully saturated rings. The SMILES string of the molecule is Nc1ccccc1NC(=O)/C=C/CC[C@@H](Oc1ccccc1)[C@H](OC(=O)NC(=O)c1ccccc1)c1cc(Br)ccc1O. The Labute approximate surface area is 257 Å². The largest absolute Gasteiger partial charge is 0.508 e. The zero-order valence-electron chi connectivity index (χ0n) is 23.0. The number of nitrogens with one attached hydrogen (secondary N) is 2. The second-order valence-corrected chi connectivity index (χ2v) is 10.3. The zero-order chi connectivity index (χ0) is 30.6. The van der Waals surface area contributed by atoms with Gasteiger partial charge in [-0.25, -0.2) is 4.79 Å². The Bertz CT molecular complexity index is 1580. The second-order valence-electron chi connectivity index (χ2n) is 9.37. The van der Waals surface area contributed by atoms with E-state index in [0.29, 0.717) is 28.0 Å². The zero-order valence-corrected chi connectivity index (χ0v) is 24.6. The molecule has 0 saturated heterocycles. The van der Waals surface area contributed by atoms with Gasteiger partial charge in [0, 0.05) is 15.6 Å². The Morgan fingerprint density at radius 2 is 1.58 bits per heavy atom. The summed E-state index contributed by atoms with van der Waals surface area (Å²) in [5.74, 6) is -0.643. The summed E-state index contributed by atoms with van der Waals surface area (Å²) in [6.45, 7) is 0. The highest BCUT2D eigenvalue weighted by Crippen LogP contribution is 2.35. The molecule has 9 nitrogen and oxygen atoms in total. The number of para-hydroxylation sites is 3. The van der Waals surface area contributed by atoms with Crippen LogP contribution in [0.15, 0.2) is 120 Å². The molecule has 0 saturated carbocycles.